The Labute approximate surface area is 87.7 Å². The number of imidazole rings is 1. The van der Waals surface area contributed by atoms with Crippen molar-refractivity contribution in [1.82, 2.24) is 9.55 Å². The Kier molecular flexibility index (Phi) is 3.41. The molecule has 1 N–H and O–H groups in total. The number of rotatable bonds is 4. The quantitative estimate of drug-likeness (QED) is 0.594. The Bertz CT molecular complexity index is 359. The summed E-state index contributed by atoms with van der Waals surface area (Å²) >= 11 is 0. The van der Waals surface area contributed by atoms with Crippen molar-refractivity contribution in [2.24, 2.45) is 13.0 Å². The Hall–Kier alpha value is -1.43. The highest BCUT2D eigenvalue weighted by Crippen LogP contribution is 2.19. The molecular weight excluding hydrogens is 198 g/mol. The van der Waals surface area contributed by atoms with Crippen LogP contribution in [0.2, 0.25) is 0 Å². The molecule has 1 atom stereocenters. The van der Waals surface area contributed by atoms with E-state index in [0.717, 1.165) is 0 Å². The monoisotopic (exact) mass is 213 g/mol. The molecule has 6 heteroatoms. The molecule has 1 heterocycles. The molecule has 0 spiro atoms. The van der Waals surface area contributed by atoms with Gasteiger partial charge in [-0.05, 0) is 15.8 Å². The lowest BCUT2D eigenvalue weighted by Gasteiger charge is -2.13. The van der Waals surface area contributed by atoms with Crippen LogP contribution in [0.4, 0.5) is 5.82 Å². The second-order valence-corrected chi connectivity index (χ2v) is 3.90. The van der Waals surface area contributed by atoms with Gasteiger partial charge in [0.05, 0.1) is 6.10 Å². The van der Waals surface area contributed by atoms with E-state index >= 15 is 0 Å². The zero-order valence-electron chi connectivity index (χ0n) is 9.04. The third-order valence-corrected chi connectivity index (χ3v) is 2.38. The fourth-order valence-corrected chi connectivity index (χ4v) is 1.26. The highest BCUT2D eigenvalue weighted by molar-refractivity contribution is 5.27. The first-order chi connectivity index (χ1) is 6.93. The fourth-order valence-electron chi connectivity index (χ4n) is 1.26. The number of nitro groups is 1. The zero-order chi connectivity index (χ0) is 11.6. The van der Waals surface area contributed by atoms with E-state index in [1.807, 2.05) is 13.8 Å². The molecule has 1 unspecified atom stereocenters. The van der Waals surface area contributed by atoms with E-state index in [-0.39, 0.29) is 18.2 Å². The maximum atomic E-state index is 10.6. The van der Waals surface area contributed by atoms with E-state index in [4.69, 9.17) is 0 Å². The molecular formula is C9H15N3O3. The molecule has 84 valence electrons. The van der Waals surface area contributed by atoms with Crippen LogP contribution in [-0.4, -0.2) is 25.7 Å². The number of aromatic nitrogens is 2. The highest BCUT2D eigenvalue weighted by Gasteiger charge is 2.23. The van der Waals surface area contributed by atoms with Gasteiger partial charge in [0.15, 0.2) is 0 Å². The third kappa shape index (κ3) is 2.53. The smallest absolute Gasteiger partial charge is 0.384 e. The summed E-state index contributed by atoms with van der Waals surface area (Å²) in [6.45, 7) is 3.74. The predicted octanol–water partition coefficient (Wildman–Crippen LogP) is 0.888. The van der Waals surface area contributed by atoms with Crippen molar-refractivity contribution >= 4 is 5.82 Å². The van der Waals surface area contributed by atoms with Gasteiger partial charge in [0, 0.05) is 13.5 Å². The van der Waals surface area contributed by atoms with Gasteiger partial charge in [-0.3, -0.25) is 0 Å². The minimum absolute atomic E-state index is 0.0690. The van der Waals surface area contributed by atoms with Gasteiger partial charge in [0.2, 0.25) is 6.33 Å². The minimum atomic E-state index is -0.584. The van der Waals surface area contributed by atoms with Gasteiger partial charge in [-0.1, -0.05) is 13.8 Å². The largest absolute Gasteiger partial charge is 0.392 e. The van der Waals surface area contributed by atoms with Gasteiger partial charge in [-0.25, -0.2) is 0 Å². The van der Waals surface area contributed by atoms with Gasteiger partial charge in [-0.2, -0.15) is 0 Å². The van der Waals surface area contributed by atoms with Gasteiger partial charge < -0.3 is 19.8 Å². The summed E-state index contributed by atoms with van der Waals surface area (Å²) in [5, 5.41) is 20.3. The summed E-state index contributed by atoms with van der Waals surface area (Å²) in [6.07, 6.45) is 1.06. The molecule has 15 heavy (non-hydrogen) atoms. The molecule has 0 radical (unpaired) electrons. The Morgan fingerprint density at radius 3 is 2.73 bits per heavy atom. The first-order valence-electron chi connectivity index (χ1n) is 4.76. The van der Waals surface area contributed by atoms with E-state index in [2.05, 4.69) is 4.98 Å². The first kappa shape index (κ1) is 11.6. The van der Waals surface area contributed by atoms with Crippen LogP contribution in [-0.2, 0) is 13.5 Å². The molecule has 1 aromatic heterocycles. The Morgan fingerprint density at radius 2 is 2.27 bits per heavy atom. The summed E-state index contributed by atoms with van der Waals surface area (Å²) in [5.74, 6) is -0.100. The van der Waals surface area contributed by atoms with Gasteiger partial charge >= 0.3 is 5.82 Å². The number of hydrogen-bond acceptors (Lipinski definition) is 4. The SMILES string of the molecule is CC(C)C(O)Cc1c([N+](=O)[O-])ncn1C. The van der Waals surface area contributed by atoms with Gasteiger partial charge in [-0.15, -0.1) is 0 Å². The van der Waals surface area contributed by atoms with Crippen LogP contribution in [0.5, 0.6) is 0 Å². The van der Waals surface area contributed by atoms with E-state index in [1.54, 1.807) is 11.6 Å². The van der Waals surface area contributed by atoms with Gasteiger partial charge in [0.25, 0.3) is 0 Å². The van der Waals surface area contributed by atoms with E-state index < -0.39 is 11.0 Å². The van der Waals surface area contributed by atoms with Crippen molar-refractivity contribution in [3.63, 3.8) is 0 Å². The molecule has 0 aliphatic carbocycles. The molecule has 0 fully saturated rings. The van der Waals surface area contributed by atoms with Crippen molar-refractivity contribution in [3.8, 4) is 0 Å². The van der Waals surface area contributed by atoms with Crippen LogP contribution in [0, 0.1) is 16.0 Å². The summed E-state index contributed by atoms with van der Waals surface area (Å²) in [6, 6.07) is 0. The van der Waals surface area contributed by atoms with Crippen molar-refractivity contribution in [2.45, 2.75) is 26.4 Å². The normalized spacial score (nSPS) is 13.1. The Balaban J connectivity index is 2.92. The summed E-state index contributed by atoms with van der Waals surface area (Å²) in [4.78, 5) is 13.8. The molecule has 0 bridgehead atoms. The van der Waals surface area contributed by atoms with E-state index in [1.165, 1.54) is 6.33 Å². The molecule has 0 saturated heterocycles. The van der Waals surface area contributed by atoms with Gasteiger partial charge in [0.1, 0.15) is 5.69 Å². The molecule has 0 saturated carbocycles. The average Bonchev–Trinajstić information content (AvgIpc) is 2.48. The predicted molar refractivity (Wildman–Crippen MR) is 54.4 cm³/mol. The summed E-state index contributed by atoms with van der Waals surface area (Å²) in [7, 11) is 1.68. The topological polar surface area (TPSA) is 81.2 Å². The lowest BCUT2D eigenvalue weighted by molar-refractivity contribution is -0.390. The van der Waals surface area contributed by atoms with Crippen molar-refractivity contribution in [3.05, 3.63) is 22.1 Å². The fraction of sp³-hybridized carbons (Fsp3) is 0.667. The number of nitrogens with zero attached hydrogens (tertiary/aromatic N) is 3. The number of aryl methyl sites for hydroxylation is 1. The highest BCUT2D eigenvalue weighted by atomic mass is 16.6. The number of hydrogen-bond donors (Lipinski definition) is 1. The minimum Gasteiger partial charge on any atom is -0.392 e. The second-order valence-electron chi connectivity index (χ2n) is 3.90. The molecule has 0 aromatic carbocycles. The Morgan fingerprint density at radius 1 is 1.67 bits per heavy atom. The molecule has 0 aliphatic rings. The van der Waals surface area contributed by atoms with Crippen LogP contribution in [0.25, 0.3) is 0 Å². The first-order valence-corrected chi connectivity index (χ1v) is 4.76. The molecule has 0 aliphatic heterocycles. The summed E-state index contributed by atoms with van der Waals surface area (Å²) in [5.41, 5.74) is 0.459. The number of aliphatic hydroxyl groups excluding tert-OH is 1. The molecule has 1 rings (SSSR count). The van der Waals surface area contributed by atoms with Crippen LogP contribution in [0.1, 0.15) is 19.5 Å². The number of aliphatic hydroxyl groups is 1. The maximum Gasteiger partial charge on any atom is 0.384 e. The third-order valence-electron chi connectivity index (χ3n) is 2.38. The maximum absolute atomic E-state index is 10.6. The molecule has 6 nitrogen and oxygen atoms in total. The summed E-state index contributed by atoms with van der Waals surface area (Å²) < 4.78 is 1.57. The zero-order valence-corrected chi connectivity index (χ0v) is 9.04. The molecule has 0 amide bonds. The lowest BCUT2D eigenvalue weighted by Crippen LogP contribution is -2.19. The average molecular weight is 213 g/mol. The van der Waals surface area contributed by atoms with E-state index in [9.17, 15) is 15.2 Å². The lowest BCUT2D eigenvalue weighted by atomic mass is 10.0. The van der Waals surface area contributed by atoms with Crippen LogP contribution < -0.4 is 0 Å². The van der Waals surface area contributed by atoms with Crippen LogP contribution in [0.3, 0.4) is 0 Å². The van der Waals surface area contributed by atoms with Crippen molar-refractivity contribution < 1.29 is 10.0 Å². The van der Waals surface area contributed by atoms with Crippen molar-refractivity contribution in [2.75, 3.05) is 0 Å². The second kappa shape index (κ2) is 4.39. The standard InChI is InChI=1S/C9H15N3O3/c1-6(2)8(13)4-7-9(12(14)15)10-5-11(7)3/h5-6,8,13H,4H2,1-3H3. The van der Waals surface area contributed by atoms with Crippen LogP contribution >= 0.6 is 0 Å². The molecule has 1 aromatic rings. The van der Waals surface area contributed by atoms with Crippen LogP contribution in [0.15, 0.2) is 6.33 Å². The van der Waals surface area contributed by atoms with E-state index in [0.29, 0.717) is 5.69 Å². The van der Waals surface area contributed by atoms with Crippen molar-refractivity contribution in [1.29, 1.82) is 0 Å².